The largest absolute Gasteiger partial charge is 0.508 e. The first-order chi connectivity index (χ1) is 10.7. The maximum atomic E-state index is 9.33. The number of benzene rings is 2. The molecule has 22 heavy (non-hydrogen) atoms. The first-order valence-corrected chi connectivity index (χ1v) is 7.01. The Labute approximate surface area is 128 Å². The minimum Gasteiger partial charge on any atom is -0.508 e. The molecule has 0 aliphatic carbocycles. The number of rotatable bonds is 4. The van der Waals surface area contributed by atoms with Crippen LogP contribution in [0.3, 0.4) is 0 Å². The van der Waals surface area contributed by atoms with Gasteiger partial charge in [-0.2, -0.15) is 5.26 Å². The zero-order chi connectivity index (χ0) is 15.4. The summed E-state index contributed by atoms with van der Waals surface area (Å²) in [6.07, 6.45) is 4.46. The molecule has 2 aromatic carbocycles. The van der Waals surface area contributed by atoms with Crippen molar-refractivity contribution in [1.82, 2.24) is 9.55 Å². The Morgan fingerprint density at radius 1 is 1.00 bits per heavy atom. The summed E-state index contributed by atoms with van der Waals surface area (Å²) in [5.74, 6) is 1.24. The molecule has 108 valence electrons. The average Bonchev–Trinajstić information content (AvgIpc) is 2.97. The Morgan fingerprint density at radius 2 is 1.68 bits per heavy atom. The number of aromatic nitrogens is 2. The Hall–Kier alpha value is -3.06. The standard InChI is InChI=1S/C18H15N3O/c19-12-15-1-3-16(4-2-15)13-21-10-9-20-18(21)11-14-5-7-17(22)8-6-14/h1-10,22H,11,13H2. The molecule has 1 heterocycles. The van der Waals surface area contributed by atoms with E-state index in [1.165, 1.54) is 0 Å². The fourth-order valence-corrected chi connectivity index (χ4v) is 2.33. The lowest BCUT2D eigenvalue weighted by atomic mass is 10.1. The van der Waals surface area contributed by atoms with Gasteiger partial charge in [0.2, 0.25) is 0 Å². The minimum absolute atomic E-state index is 0.268. The van der Waals surface area contributed by atoms with Crippen LogP contribution in [0.4, 0.5) is 0 Å². The highest BCUT2D eigenvalue weighted by Gasteiger charge is 2.05. The number of phenols is 1. The van der Waals surface area contributed by atoms with Crippen molar-refractivity contribution in [2.75, 3.05) is 0 Å². The van der Waals surface area contributed by atoms with E-state index in [9.17, 15) is 5.11 Å². The molecule has 0 spiro atoms. The van der Waals surface area contributed by atoms with E-state index in [0.717, 1.165) is 23.5 Å². The minimum atomic E-state index is 0.268. The summed E-state index contributed by atoms with van der Waals surface area (Å²) in [7, 11) is 0. The third kappa shape index (κ3) is 3.15. The van der Waals surface area contributed by atoms with Crippen LogP contribution in [-0.4, -0.2) is 14.7 Å². The van der Waals surface area contributed by atoms with Crippen LogP contribution in [0, 0.1) is 11.3 Å². The molecular weight excluding hydrogens is 274 g/mol. The van der Waals surface area contributed by atoms with Crippen molar-refractivity contribution in [3.8, 4) is 11.8 Å². The molecule has 1 N–H and O–H groups in total. The molecule has 0 unspecified atom stereocenters. The van der Waals surface area contributed by atoms with Crippen molar-refractivity contribution in [3.05, 3.63) is 83.4 Å². The van der Waals surface area contributed by atoms with E-state index >= 15 is 0 Å². The van der Waals surface area contributed by atoms with E-state index in [1.807, 2.05) is 42.6 Å². The van der Waals surface area contributed by atoms with Crippen molar-refractivity contribution < 1.29 is 5.11 Å². The van der Waals surface area contributed by atoms with Crippen LogP contribution in [0.5, 0.6) is 5.75 Å². The van der Waals surface area contributed by atoms with Gasteiger partial charge in [-0.1, -0.05) is 24.3 Å². The molecule has 1 aromatic heterocycles. The van der Waals surface area contributed by atoms with Gasteiger partial charge < -0.3 is 9.67 Å². The van der Waals surface area contributed by atoms with Gasteiger partial charge in [0.1, 0.15) is 11.6 Å². The maximum Gasteiger partial charge on any atom is 0.115 e. The van der Waals surface area contributed by atoms with E-state index in [-0.39, 0.29) is 5.75 Å². The number of phenolic OH excluding ortho intramolecular Hbond substituents is 1. The van der Waals surface area contributed by atoms with Crippen LogP contribution in [0.25, 0.3) is 0 Å². The summed E-state index contributed by atoms with van der Waals surface area (Å²) in [5.41, 5.74) is 2.90. The third-order valence-corrected chi connectivity index (χ3v) is 3.54. The molecular formula is C18H15N3O. The highest BCUT2D eigenvalue weighted by atomic mass is 16.3. The second-order valence-corrected chi connectivity index (χ2v) is 5.12. The van der Waals surface area contributed by atoms with Crippen LogP contribution < -0.4 is 0 Å². The van der Waals surface area contributed by atoms with E-state index < -0.39 is 0 Å². The summed E-state index contributed by atoms with van der Waals surface area (Å²) < 4.78 is 2.09. The van der Waals surface area contributed by atoms with Crippen molar-refractivity contribution in [1.29, 1.82) is 5.26 Å². The van der Waals surface area contributed by atoms with Gasteiger partial charge in [0, 0.05) is 25.4 Å². The smallest absolute Gasteiger partial charge is 0.115 e. The van der Waals surface area contributed by atoms with Crippen LogP contribution >= 0.6 is 0 Å². The van der Waals surface area contributed by atoms with Crippen LogP contribution in [0.2, 0.25) is 0 Å². The molecule has 3 aromatic rings. The summed E-state index contributed by atoms with van der Waals surface area (Å²) in [5, 5.41) is 18.2. The SMILES string of the molecule is N#Cc1ccc(Cn2ccnc2Cc2ccc(O)cc2)cc1. The lowest BCUT2D eigenvalue weighted by Crippen LogP contribution is -2.05. The van der Waals surface area contributed by atoms with Gasteiger partial charge in [0.25, 0.3) is 0 Å². The van der Waals surface area contributed by atoms with Crippen molar-refractivity contribution in [3.63, 3.8) is 0 Å². The molecule has 4 nitrogen and oxygen atoms in total. The van der Waals surface area contributed by atoms with Gasteiger partial charge >= 0.3 is 0 Å². The fraction of sp³-hybridized carbons (Fsp3) is 0.111. The zero-order valence-corrected chi connectivity index (χ0v) is 12.0. The molecule has 0 saturated carbocycles. The van der Waals surface area contributed by atoms with E-state index in [2.05, 4.69) is 15.6 Å². The van der Waals surface area contributed by atoms with Crippen molar-refractivity contribution >= 4 is 0 Å². The molecule has 0 aliphatic rings. The van der Waals surface area contributed by atoms with E-state index in [4.69, 9.17) is 5.26 Å². The van der Waals surface area contributed by atoms with Gasteiger partial charge in [0.05, 0.1) is 11.6 Å². The molecule has 0 amide bonds. The monoisotopic (exact) mass is 289 g/mol. The lowest BCUT2D eigenvalue weighted by Gasteiger charge is -2.08. The zero-order valence-electron chi connectivity index (χ0n) is 12.0. The van der Waals surface area contributed by atoms with E-state index in [0.29, 0.717) is 12.0 Å². The summed E-state index contributed by atoms with van der Waals surface area (Å²) in [6, 6.07) is 16.9. The molecule has 0 radical (unpaired) electrons. The average molecular weight is 289 g/mol. The second kappa shape index (κ2) is 6.15. The molecule has 0 aliphatic heterocycles. The number of hydrogen-bond donors (Lipinski definition) is 1. The summed E-state index contributed by atoms with van der Waals surface area (Å²) in [4.78, 5) is 4.41. The molecule has 0 fully saturated rings. The number of imidazole rings is 1. The topological polar surface area (TPSA) is 61.8 Å². The van der Waals surface area contributed by atoms with E-state index in [1.54, 1.807) is 18.3 Å². The molecule has 3 rings (SSSR count). The number of aromatic hydroxyl groups is 1. The first kappa shape index (κ1) is 13.9. The number of hydrogen-bond acceptors (Lipinski definition) is 3. The Balaban J connectivity index is 1.76. The second-order valence-electron chi connectivity index (χ2n) is 5.12. The Bertz CT molecular complexity index is 796. The highest BCUT2D eigenvalue weighted by Crippen LogP contribution is 2.14. The summed E-state index contributed by atoms with van der Waals surface area (Å²) >= 11 is 0. The van der Waals surface area contributed by atoms with Crippen LogP contribution in [0.1, 0.15) is 22.5 Å². The lowest BCUT2D eigenvalue weighted by molar-refractivity contribution is 0.475. The van der Waals surface area contributed by atoms with Crippen molar-refractivity contribution in [2.45, 2.75) is 13.0 Å². The number of nitrogens with zero attached hydrogens (tertiary/aromatic N) is 3. The molecule has 0 atom stereocenters. The molecule has 4 heteroatoms. The molecule has 0 saturated heterocycles. The predicted octanol–water partition coefficient (Wildman–Crippen LogP) is 3.10. The van der Waals surface area contributed by atoms with Gasteiger partial charge in [-0.05, 0) is 35.4 Å². The third-order valence-electron chi connectivity index (χ3n) is 3.54. The van der Waals surface area contributed by atoms with Gasteiger partial charge in [-0.3, -0.25) is 0 Å². The van der Waals surface area contributed by atoms with Crippen LogP contribution in [0.15, 0.2) is 60.9 Å². The predicted molar refractivity (Wildman–Crippen MR) is 83.4 cm³/mol. The summed E-state index contributed by atoms with van der Waals surface area (Å²) in [6.45, 7) is 0.721. The molecule has 0 bridgehead atoms. The quantitative estimate of drug-likeness (QED) is 0.802. The van der Waals surface area contributed by atoms with Gasteiger partial charge in [-0.15, -0.1) is 0 Å². The Kier molecular flexibility index (Phi) is 3.88. The number of nitriles is 1. The van der Waals surface area contributed by atoms with Gasteiger partial charge in [0.15, 0.2) is 0 Å². The maximum absolute atomic E-state index is 9.33. The first-order valence-electron chi connectivity index (χ1n) is 7.01. The Morgan fingerprint density at radius 3 is 2.36 bits per heavy atom. The highest BCUT2D eigenvalue weighted by molar-refractivity contribution is 5.32. The van der Waals surface area contributed by atoms with Gasteiger partial charge in [-0.25, -0.2) is 4.98 Å². The fourth-order valence-electron chi connectivity index (χ4n) is 2.33. The normalized spacial score (nSPS) is 10.3. The van der Waals surface area contributed by atoms with Crippen LogP contribution in [-0.2, 0) is 13.0 Å². The van der Waals surface area contributed by atoms with Crippen molar-refractivity contribution in [2.24, 2.45) is 0 Å².